The van der Waals surface area contributed by atoms with Crippen molar-refractivity contribution in [1.82, 2.24) is 0 Å². The summed E-state index contributed by atoms with van der Waals surface area (Å²) in [5, 5.41) is 0. The average molecular weight is 262 g/mol. The largest absolute Gasteiger partial charge is 0.370 e. The van der Waals surface area contributed by atoms with Crippen molar-refractivity contribution in [3.63, 3.8) is 0 Å². The van der Waals surface area contributed by atoms with Crippen LogP contribution in [0, 0.1) is 11.8 Å². The van der Waals surface area contributed by atoms with Crippen molar-refractivity contribution in [1.29, 1.82) is 0 Å². The minimum absolute atomic E-state index is 0.120. The Balaban J connectivity index is 2.94. The van der Waals surface area contributed by atoms with E-state index in [1.54, 1.807) is 0 Å². The molecule has 1 aromatic rings. The van der Waals surface area contributed by atoms with Crippen molar-refractivity contribution in [2.45, 2.75) is 59.5 Å². The topological polar surface area (TPSA) is 9.23 Å². The summed E-state index contributed by atoms with van der Waals surface area (Å²) in [6.45, 7) is 12.0. The van der Waals surface area contributed by atoms with E-state index in [-0.39, 0.29) is 5.60 Å². The van der Waals surface area contributed by atoms with Gasteiger partial charge in [0, 0.05) is 6.61 Å². The summed E-state index contributed by atoms with van der Waals surface area (Å²) in [5.41, 5.74) is 1.21. The van der Waals surface area contributed by atoms with E-state index < -0.39 is 0 Å². The van der Waals surface area contributed by atoms with Gasteiger partial charge < -0.3 is 4.74 Å². The first-order valence-corrected chi connectivity index (χ1v) is 7.72. The Labute approximate surface area is 119 Å². The fraction of sp³-hybridized carbons (Fsp3) is 0.667. The van der Waals surface area contributed by atoms with E-state index in [2.05, 4.69) is 65.0 Å². The molecule has 0 N–H and O–H groups in total. The van der Waals surface area contributed by atoms with Crippen LogP contribution in [0.1, 0.15) is 59.4 Å². The van der Waals surface area contributed by atoms with Gasteiger partial charge in [0.05, 0.1) is 5.60 Å². The highest BCUT2D eigenvalue weighted by Gasteiger charge is 2.35. The number of ether oxygens (including phenoxy) is 1. The molecule has 0 aliphatic rings. The average Bonchev–Trinajstić information content (AvgIpc) is 2.38. The van der Waals surface area contributed by atoms with Crippen LogP contribution in [0.4, 0.5) is 0 Å². The molecule has 1 atom stereocenters. The van der Waals surface area contributed by atoms with Gasteiger partial charge >= 0.3 is 0 Å². The van der Waals surface area contributed by atoms with Crippen molar-refractivity contribution in [2.75, 3.05) is 6.61 Å². The minimum Gasteiger partial charge on any atom is -0.370 e. The van der Waals surface area contributed by atoms with E-state index in [0.29, 0.717) is 5.92 Å². The standard InChI is InChI=1S/C18H30O/c1-6-19-18(16(4)5,14-10-11-15(2)3)17-12-8-7-9-13-17/h7-9,12-13,15-16H,6,10-11,14H2,1-5H3. The number of benzene rings is 1. The van der Waals surface area contributed by atoms with Gasteiger partial charge in [0.1, 0.15) is 0 Å². The molecule has 0 heterocycles. The van der Waals surface area contributed by atoms with Gasteiger partial charge in [0.15, 0.2) is 0 Å². The zero-order chi connectivity index (χ0) is 14.3. The van der Waals surface area contributed by atoms with E-state index in [4.69, 9.17) is 4.74 Å². The second-order valence-electron chi connectivity index (χ2n) is 6.13. The van der Waals surface area contributed by atoms with Crippen LogP contribution >= 0.6 is 0 Å². The Morgan fingerprint density at radius 1 is 1.05 bits per heavy atom. The summed E-state index contributed by atoms with van der Waals surface area (Å²) >= 11 is 0. The van der Waals surface area contributed by atoms with E-state index in [1.807, 2.05) is 0 Å². The fourth-order valence-electron chi connectivity index (χ4n) is 2.84. The molecular formula is C18H30O. The van der Waals surface area contributed by atoms with Gasteiger partial charge in [-0.1, -0.05) is 64.4 Å². The molecule has 108 valence electrons. The van der Waals surface area contributed by atoms with E-state index in [0.717, 1.165) is 18.9 Å². The predicted molar refractivity (Wildman–Crippen MR) is 83.3 cm³/mol. The third kappa shape index (κ3) is 4.35. The van der Waals surface area contributed by atoms with Crippen molar-refractivity contribution < 1.29 is 4.74 Å². The highest BCUT2D eigenvalue weighted by Crippen LogP contribution is 2.38. The van der Waals surface area contributed by atoms with Gasteiger partial charge in [-0.15, -0.1) is 0 Å². The molecule has 1 heteroatoms. The molecule has 0 amide bonds. The van der Waals surface area contributed by atoms with Crippen LogP contribution < -0.4 is 0 Å². The first-order valence-electron chi connectivity index (χ1n) is 7.72. The summed E-state index contributed by atoms with van der Waals surface area (Å²) in [4.78, 5) is 0. The van der Waals surface area contributed by atoms with Crippen molar-refractivity contribution in [3.8, 4) is 0 Å². The monoisotopic (exact) mass is 262 g/mol. The molecule has 1 aromatic carbocycles. The van der Waals surface area contributed by atoms with Crippen LogP contribution in [0.3, 0.4) is 0 Å². The maximum atomic E-state index is 6.26. The number of rotatable bonds is 8. The summed E-state index contributed by atoms with van der Waals surface area (Å²) in [5.74, 6) is 1.25. The Bertz CT molecular complexity index is 342. The zero-order valence-corrected chi connectivity index (χ0v) is 13.3. The van der Waals surface area contributed by atoms with E-state index in [9.17, 15) is 0 Å². The second kappa shape index (κ2) is 7.69. The summed E-state index contributed by atoms with van der Waals surface area (Å²) in [7, 11) is 0. The molecule has 0 saturated carbocycles. The molecule has 0 spiro atoms. The molecule has 1 unspecified atom stereocenters. The molecule has 1 rings (SSSR count). The van der Waals surface area contributed by atoms with Crippen LogP contribution in [0.15, 0.2) is 30.3 Å². The summed E-state index contributed by atoms with van der Waals surface area (Å²) < 4.78 is 6.26. The summed E-state index contributed by atoms with van der Waals surface area (Å²) in [6, 6.07) is 10.7. The lowest BCUT2D eigenvalue weighted by Crippen LogP contribution is -2.35. The van der Waals surface area contributed by atoms with Gasteiger partial charge in [0.2, 0.25) is 0 Å². The Hall–Kier alpha value is -0.820. The maximum absolute atomic E-state index is 6.26. The third-order valence-electron chi connectivity index (χ3n) is 3.93. The quantitative estimate of drug-likeness (QED) is 0.609. The SMILES string of the molecule is CCOC(CCCC(C)C)(c1ccccc1)C(C)C. The minimum atomic E-state index is -0.120. The molecule has 0 fully saturated rings. The molecular weight excluding hydrogens is 232 g/mol. The zero-order valence-electron chi connectivity index (χ0n) is 13.3. The lowest BCUT2D eigenvalue weighted by atomic mass is 9.78. The lowest BCUT2D eigenvalue weighted by Gasteiger charge is -2.38. The lowest BCUT2D eigenvalue weighted by molar-refractivity contribution is -0.0871. The molecule has 0 radical (unpaired) electrons. The fourth-order valence-corrected chi connectivity index (χ4v) is 2.84. The van der Waals surface area contributed by atoms with Gasteiger partial charge in [0.25, 0.3) is 0 Å². The molecule has 0 aliphatic carbocycles. The van der Waals surface area contributed by atoms with E-state index >= 15 is 0 Å². The Morgan fingerprint density at radius 3 is 2.16 bits per heavy atom. The van der Waals surface area contributed by atoms with Crippen LogP contribution in [0.5, 0.6) is 0 Å². The molecule has 1 nitrogen and oxygen atoms in total. The van der Waals surface area contributed by atoms with Gasteiger partial charge in [-0.2, -0.15) is 0 Å². The van der Waals surface area contributed by atoms with Crippen LogP contribution in [0.2, 0.25) is 0 Å². The highest BCUT2D eigenvalue weighted by atomic mass is 16.5. The smallest absolute Gasteiger partial charge is 0.0953 e. The molecule has 0 saturated heterocycles. The van der Waals surface area contributed by atoms with Gasteiger partial charge in [-0.25, -0.2) is 0 Å². The first kappa shape index (κ1) is 16.2. The highest BCUT2D eigenvalue weighted by molar-refractivity contribution is 5.23. The van der Waals surface area contributed by atoms with Gasteiger partial charge in [-0.3, -0.25) is 0 Å². The summed E-state index contributed by atoms with van der Waals surface area (Å²) in [6.07, 6.45) is 3.61. The van der Waals surface area contributed by atoms with Gasteiger partial charge in [-0.05, 0) is 37.2 Å². The molecule has 0 aliphatic heterocycles. The van der Waals surface area contributed by atoms with Crippen molar-refractivity contribution in [2.24, 2.45) is 11.8 Å². The maximum Gasteiger partial charge on any atom is 0.0953 e. The van der Waals surface area contributed by atoms with Crippen LogP contribution in [-0.2, 0) is 10.3 Å². The number of hydrogen-bond donors (Lipinski definition) is 0. The van der Waals surface area contributed by atoms with Crippen molar-refractivity contribution >= 4 is 0 Å². The molecule has 0 bridgehead atoms. The predicted octanol–water partition coefficient (Wildman–Crippen LogP) is 5.40. The molecule has 0 aromatic heterocycles. The van der Waals surface area contributed by atoms with E-state index in [1.165, 1.54) is 18.4 Å². The Morgan fingerprint density at radius 2 is 1.68 bits per heavy atom. The molecule has 19 heavy (non-hydrogen) atoms. The third-order valence-corrected chi connectivity index (χ3v) is 3.93. The van der Waals surface area contributed by atoms with Crippen LogP contribution in [-0.4, -0.2) is 6.61 Å². The first-order chi connectivity index (χ1) is 9.03. The Kier molecular flexibility index (Phi) is 6.57. The van der Waals surface area contributed by atoms with Crippen molar-refractivity contribution in [3.05, 3.63) is 35.9 Å². The normalized spacial score (nSPS) is 14.9. The number of hydrogen-bond acceptors (Lipinski definition) is 1. The second-order valence-corrected chi connectivity index (χ2v) is 6.13. The van der Waals surface area contributed by atoms with Crippen LogP contribution in [0.25, 0.3) is 0 Å².